The molecule has 0 amide bonds. The molecular formula is C45H81O9P. The second-order valence-corrected chi connectivity index (χ2v) is 16.6. The van der Waals surface area contributed by atoms with Gasteiger partial charge in [0.05, 0.1) is 12.7 Å². The zero-order valence-corrected chi connectivity index (χ0v) is 36.0. The molecule has 0 bridgehead atoms. The van der Waals surface area contributed by atoms with Crippen molar-refractivity contribution in [2.75, 3.05) is 13.2 Å². The first kappa shape index (κ1) is 53.0. The van der Waals surface area contributed by atoms with Gasteiger partial charge in [-0.15, -0.1) is 0 Å². The van der Waals surface area contributed by atoms with Gasteiger partial charge >= 0.3 is 19.8 Å². The van der Waals surface area contributed by atoms with E-state index in [2.05, 4.69) is 43.5 Å². The third-order valence-electron chi connectivity index (χ3n) is 9.36. The fraction of sp³-hybridized carbons (Fsp3) is 0.778. The summed E-state index contributed by atoms with van der Waals surface area (Å²) in [7, 11) is -4.79. The Hall–Kier alpha value is -2.03. The summed E-state index contributed by atoms with van der Waals surface area (Å²) in [4.78, 5) is 42.9. The van der Waals surface area contributed by atoms with Crippen LogP contribution in [0.4, 0.5) is 0 Å². The Kier molecular flexibility index (Phi) is 37.4. The second kappa shape index (κ2) is 38.8. The number of phosphoric ester groups is 1. The summed E-state index contributed by atoms with van der Waals surface area (Å²) in [6, 6.07) is 0. The Labute approximate surface area is 336 Å². The highest BCUT2D eigenvalue weighted by atomic mass is 31.2. The molecule has 9 nitrogen and oxygen atoms in total. The average molecular weight is 797 g/mol. The highest BCUT2D eigenvalue weighted by molar-refractivity contribution is 7.46. The van der Waals surface area contributed by atoms with Gasteiger partial charge in [0.2, 0.25) is 0 Å². The third-order valence-corrected chi connectivity index (χ3v) is 9.84. The van der Waals surface area contributed by atoms with Crippen molar-refractivity contribution in [1.29, 1.82) is 0 Å². The molecule has 0 fully saturated rings. The molecule has 0 radical (unpaired) electrons. The van der Waals surface area contributed by atoms with Crippen molar-refractivity contribution < 1.29 is 43.0 Å². The van der Waals surface area contributed by atoms with Gasteiger partial charge in [0.25, 0.3) is 0 Å². The van der Waals surface area contributed by atoms with Crippen LogP contribution in [0, 0.1) is 5.92 Å². The number of carbonyl (C=O) groups is 2. The maximum atomic E-state index is 12.4. The molecule has 1 unspecified atom stereocenters. The summed E-state index contributed by atoms with van der Waals surface area (Å²) in [5.74, 6) is -0.175. The van der Waals surface area contributed by atoms with E-state index in [0.29, 0.717) is 25.7 Å². The molecule has 0 aromatic heterocycles. The summed E-state index contributed by atoms with van der Waals surface area (Å²) < 4.78 is 26.3. The molecule has 0 spiro atoms. The third kappa shape index (κ3) is 42.9. The van der Waals surface area contributed by atoms with Crippen LogP contribution in [0.2, 0.25) is 0 Å². The van der Waals surface area contributed by atoms with Gasteiger partial charge in [-0.2, -0.15) is 0 Å². The van der Waals surface area contributed by atoms with Crippen LogP contribution in [-0.2, 0) is 28.2 Å². The molecule has 0 aliphatic rings. The minimum atomic E-state index is -4.79. The number of aliphatic hydroxyl groups excluding tert-OH is 1. The van der Waals surface area contributed by atoms with Crippen molar-refractivity contribution in [2.45, 2.75) is 206 Å². The van der Waals surface area contributed by atoms with Crippen LogP contribution in [0.15, 0.2) is 48.6 Å². The first-order valence-corrected chi connectivity index (χ1v) is 23.4. The lowest BCUT2D eigenvalue weighted by molar-refractivity contribution is -0.161. The summed E-state index contributed by atoms with van der Waals surface area (Å²) in [5.41, 5.74) is 0. The van der Waals surface area contributed by atoms with E-state index >= 15 is 0 Å². The first-order valence-electron chi connectivity index (χ1n) is 21.9. The van der Waals surface area contributed by atoms with Crippen molar-refractivity contribution in [2.24, 2.45) is 5.92 Å². The van der Waals surface area contributed by atoms with Crippen molar-refractivity contribution in [1.82, 2.24) is 0 Å². The van der Waals surface area contributed by atoms with Gasteiger partial charge in [-0.25, -0.2) is 4.57 Å². The summed E-state index contributed by atoms with van der Waals surface area (Å²) in [6.07, 6.45) is 42.9. The van der Waals surface area contributed by atoms with E-state index in [0.717, 1.165) is 38.0 Å². The van der Waals surface area contributed by atoms with E-state index in [4.69, 9.17) is 19.3 Å². The summed E-state index contributed by atoms with van der Waals surface area (Å²) in [6.45, 7) is 5.89. The Bertz CT molecular complexity index is 1060. The molecule has 0 saturated carbocycles. The van der Waals surface area contributed by atoms with Crippen molar-refractivity contribution >= 4 is 19.8 Å². The lowest BCUT2D eigenvalue weighted by atomic mass is 10.0. The largest absolute Gasteiger partial charge is 0.469 e. The Morgan fingerprint density at radius 2 is 1.16 bits per heavy atom. The smallest absolute Gasteiger partial charge is 0.462 e. The molecule has 0 aromatic carbocycles. The zero-order chi connectivity index (χ0) is 40.7. The van der Waals surface area contributed by atoms with Gasteiger partial charge in [0, 0.05) is 12.8 Å². The normalized spacial score (nSPS) is 13.6. The minimum Gasteiger partial charge on any atom is -0.462 e. The summed E-state index contributed by atoms with van der Waals surface area (Å²) >= 11 is 0. The molecule has 2 atom stereocenters. The zero-order valence-electron chi connectivity index (χ0n) is 35.1. The number of hydrogen-bond donors (Lipinski definition) is 3. The monoisotopic (exact) mass is 797 g/mol. The van der Waals surface area contributed by atoms with Gasteiger partial charge in [0.15, 0.2) is 6.10 Å². The molecule has 10 heteroatoms. The number of rotatable bonds is 39. The number of hydrogen-bond acceptors (Lipinski definition) is 7. The van der Waals surface area contributed by atoms with E-state index < -0.39 is 38.6 Å². The minimum absolute atomic E-state index is 0.0771. The van der Waals surface area contributed by atoms with Gasteiger partial charge in [-0.05, 0) is 50.9 Å². The Balaban J connectivity index is 4.04. The Morgan fingerprint density at radius 1 is 0.618 bits per heavy atom. The number of unbranched alkanes of at least 4 members (excludes halogenated alkanes) is 19. The lowest BCUT2D eigenvalue weighted by Crippen LogP contribution is -2.29. The number of carbonyl (C=O) groups excluding carboxylic acids is 2. The standard InChI is InChI=1S/C45H81O9P/c1-4-5-6-7-8-17-21-25-30-35-42(46)36-31-26-23-28-33-38-45(48)54-43(40-53-55(49,50)51)39-52-44(47)37-32-27-22-19-16-14-12-10-9-11-13-15-18-20-24-29-34-41(2)3/h8,17,23,25-26,30-31,36,41-43,46H,4-7,9-16,18-22,24,27-29,32-35,37-40H2,1-3H3,(H2,49,50,51)/b17-8-,26-23+,30-25-,36-31-/t42?,43-/m1/s1. The maximum absolute atomic E-state index is 12.4. The highest BCUT2D eigenvalue weighted by Crippen LogP contribution is 2.36. The van der Waals surface area contributed by atoms with Crippen molar-refractivity contribution in [3.8, 4) is 0 Å². The number of aliphatic hydroxyl groups is 1. The fourth-order valence-electron chi connectivity index (χ4n) is 6.04. The van der Waals surface area contributed by atoms with Crippen LogP contribution in [0.5, 0.6) is 0 Å². The molecule has 3 N–H and O–H groups in total. The van der Waals surface area contributed by atoms with Gasteiger partial charge in [-0.3, -0.25) is 14.1 Å². The van der Waals surface area contributed by atoms with Crippen LogP contribution >= 0.6 is 7.82 Å². The summed E-state index contributed by atoms with van der Waals surface area (Å²) in [5, 5.41) is 10.1. The molecule has 0 aliphatic heterocycles. The van der Waals surface area contributed by atoms with Crippen LogP contribution in [0.1, 0.15) is 194 Å². The molecule has 0 rings (SSSR count). The molecule has 0 heterocycles. The lowest BCUT2D eigenvalue weighted by Gasteiger charge is -2.18. The predicted molar refractivity (Wildman–Crippen MR) is 227 cm³/mol. The van der Waals surface area contributed by atoms with E-state index in [1.807, 2.05) is 18.2 Å². The SMILES string of the molecule is CCCCC/C=C\C/C=C\CC(O)/C=C\C=C\CCCC(=O)O[C@H](COC(=O)CCCCCCCCCCCCCCCCCCC(C)C)COP(=O)(O)O. The predicted octanol–water partition coefficient (Wildman–Crippen LogP) is 12.3. The Morgan fingerprint density at radius 3 is 1.75 bits per heavy atom. The second-order valence-electron chi connectivity index (χ2n) is 15.4. The molecular weight excluding hydrogens is 715 g/mol. The quantitative estimate of drug-likeness (QED) is 0.0182. The van der Waals surface area contributed by atoms with E-state index in [-0.39, 0.29) is 19.4 Å². The molecule has 320 valence electrons. The van der Waals surface area contributed by atoms with Crippen LogP contribution in [0.3, 0.4) is 0 Å². The molecule has 0 saturated heterocycles. The van der Waals surface area contributed by atoms with E-state index in [1.54, 1.807) is 12.2 Å². The highest BCUT2D eigenvalue weighted by Gasteiger charge is 2.22. The number of ether oxygens (including phenoxy) is 2. The number of phosphoric acid groups is 1. The van der Waals surface area contributed by atoms with Gasteiger partial charge in [-0.1, -0.05) is 185 Å². The molecule has 55 heavy (non-hydrogen) atoms. The first-order chi connectivity index (χ1) is 26.5. The van der Waals surface area contributed by atoms with E-state index in [9.17, 15) is 19.3 Å². The maximum Gasteiger partial charge on any atom is 0.469 e. The molecule has 0 aliphatic carbocycles. The topological polar surface area (TPSA) is 140 Å². The van der Waals surface area contributed by atoms with Crippen molar-refractivity contribution in [3.63, 3.8) is 0 Å². The van der Waals surface area contributed by atoms with Crippen LogP contribution < -0.4 is 0 Å². The average Bonchev–Trinajstić information content (AvgIpc) is 3.13. The van der Waals surface area contributed by atoms with Crippen LogP contribution in [-0.4, -0.2) is 52.3 Å². The number of allylic oxidation sites excluding steroid dienone is 6. The number of esters is 2. The van der Waals surface area contributed by atoms with Gasteiger partial charge in [0.1, 0.15) is 6.61 Å². The molecule has 0 aromatic rings. The fourth-order valence-corrected chi connectivity index (χ4v) is 6.40. The van der Waals surface area contributed by atoms with Crippen molar-refractivity contribution in [3.05, 3.63) is 48.6 Å². The van der Waals surface area contributed by atoms with Crippen LogP contribution in [0.25, 0.3) is 0 Å². The van der Waals surface area contributed by atoms with Gasteiger partial charge < -0.3 is 24.4 Å². The van der Waals surface area contributed by atoms with E-state index in [1.165, 1.54) is 103 Å².